The van der Waals surface area contributed by atoms with Crippen molar-refractivity contribution in [1.29, 1.82) is 0 Å². The highest BCUT2D eigenvalue weighted by Gasteiger charge is 2.24. The summed E-state index contributed by atoms with van der Waals surface area (Å²) in [6.07, 6.45) is 3.41. The van der Waals surface area contributed by atoms with Crippen LogP contribution in [0.25, 0.3) is 0 Å². The Morgan fingerprint density at radius 3 is 2.89 bits per heavy atom. The quantitative estimate of drug-likeness (QED) is 0.856. The number of aryl methyl sites for hydroxylation is 2. The van der Waals surface area contributed by atoms with Crippen LogP contribution in [0.5, 0.6) is 0 Å². The summed E-state index contributed by atoms with van der Waals surface area (Å²) >= 11 is 1.62. The van der Waals surface area contributed by atoms with E-state index in [1.165, 1.54) is 11.1 Å². The van der Waals surface area contributed by atoms with Crippen LogP contribution in [0.1, 0.15) is 28.2 Å². The number of thiazole rings is 1. The van der Waals surface area contributed by atoms with Crippen LogP contribution in [0.3, 0.4) is 0 Å². The Hall–Kier alpha value is -1.48. The summed E-state index contributed by atoms with van der Waals surface area (Å²) < 4.78 is 0. The van der Waals surface area contributed by atoms with Crippen molar-refractivity contribution in [3.05, 3.63) is 51.5 Å². The molecule has 1 aromatic heterocycles. The minimum absolute atomic E-state index is 0.178. The lowest BCUT2D eigenvalue weighted by Crippen LogP contribution is -2.24. The fourth-order valence-electron chi connectivity index (χ4n) is 2.78. The van der Waals surface area contributed by atoms with Crippen LogP contribution in [0.2, 0.25) is 0 Å². The van der Waals surface area contributed by atoms with Crippen molar-refractivity contribution in [3.63, 3.8) is 0 Å². The van der Waals surface area contributed by atoms with E-state index in [2.05, 4.69) is 29.2 Å². The van der Waals surface area contributed by atoms with Crippen molar-refractivity contribution in [1.82, 2.24) is 4.98 Å². The highest BCUT2D eigenvalue weighted by Crippen LogP contribution is 2.26. The van der Waals surface area contributed by atoms with Gasteiger partial charge in [0.1, 0.15) is 5.78 Å². The van der Waals surface area contributed by atoms with Crippen molar-refractivity contribution in [2.24, 2.45) is 5.92 Å². The van der Waals surface area contributed by atoms with Gasteiger partial charge < -0.3 is 0 Å². The van der Waals surface area contributed by atoms with Gasteiger partial charge in [-0.2, -0.15) is 0 Å². The molecule has 0 aliphatic heterocycles. The van der Waals surface area contributed by atoms with E-state index >= 15 is 0 Å². The van der Waals surface area contributed by atoms with Crippen LogP contribution < -0.4 is 0 Å². The van der Waals surface area contributed by atoms with Gasteiger partial charge in [-0.05, 0) is 37.3 Å². The molecule has 0 radical (unpaired) electrons. The molecule has 2 aromatic rings. The van der Waals surface area contributed by atoms with Crippen molar-refractivity contribution in [2.45, 2.75) is 32.6 Å². The van der Waals surface area contributed by atoms with Crippen molar-refractivity contribution in [2.75, 3.05) is 0 Å². The van der Waals surface area contributed by atoms with E-state index in [-0.39, 0.29) is 5.92 Å². The molecule has 3 rings (SSSR count). The summed E-state index contributed by atoms with van der Waals surface area (Å²) in [5.74, 6) is 0.525. The summed E-state index contributed by atoms with van der Waals surface area (Å²) in [6, 6.07) is 8.48. The first-order valence-corrected chi connectivity index (χ1v) is 7.61. The molecule has 1 atom stereocenters. The first-order valence-electron chi connectivity index (χ1n) is 6.73. The lowest BCUT2D eigenvalue weighted by atomic mass is 9.81. The molecule has 0 saturated carbocycles. The summed E-state index contributed by atoms with van der Waals surface area (Å²) in [4.78, 5) is 16.7. The fraction of sp³-hybridized carbons (Fsp3) is 0.375. The van der Waals surface area contributed by atoms with Crippen LogP contribution in [0.4, 0.5) is 0 Å². The van der Waals surface area contributed by atoms with E-state index in [0.29, 0.717) is 12.2 Å². The van der Waals surface area contributed by atoms with E-state index < -0.39 is 0 Å². The predicted octanol–water partition coefficient (Wildman–Crippen LogP) is 3.37. The topological polar surface area (TPSA) is 30.0 Å². The van der Waals surface area contributed by atoms with Crippen LogP contribution in [0, 0.1) is 12.8 Å². The molecule has 0 amide bonds. The average molecular weight is 271 g/mol. The number of carbonyl (C=O) groups excluding carboxylic acids is 1. The number of Topliss-reactive ketones (excluding diaryl/α,β-unsaturated/α-hetero) is 1. The summed E-state index contributed by atoms with van der Waals surface area (Å²) in [5.41, 5.74) is 3.70. The number of carbonyl (C=O) groups is 1. The van der Waals surface area contributed by atoms with Crippen LogP contribution in [-0.2, 0) is 24.1 Å². The van der Waals surface area contributed by atoms with Crippen molar-refractivity contribution in [3.8, 4) is 0 Å². The van der Waals surface area contributed by atoms with Gasteiger partial charge in [0.05, 0.1) is 10.7 Å². The Morgan fingerprint density at radius 1 is 1.37 bits per heavy atom. The molecule has 3 heteroatoms. The summed E-state index contributed by atoms with van der Waals surface area (Å²) in [5, 5.41) is 3.04. The highest BCUT2D eigenvalue weighted by molar-refractivity contribution is 7.09. The zero-order chi connectivity index (χ0) is 13.2. The van der Waals surface area contributed by atoms with Gasteiger partial charge in [0.2, 0.25) is 0 Å². The molecule has 0 bridgehead atoms. The number of ketones is 1. The van der Waals surface area contributed by atoms with Gasteiger partial charge in [-0.1, -0.05) is 24.3 Å². The molecule has 0 N–H and O–H groups in total. The molecule has 1 aliphatic carbocycles. The molecule has 2 nitrogen and oxygen atoms in total. The maximum absolute atomic E-state index is 12.4. The van der Waals surface area contributed by atoms with E-state index in [0.717, 1.165) is 30.0 Å². The van der Waals surface area contributed by atoms with Gasteiger partial charge in [0, 0.05) is 17.7 Å². The second-order valence-electron chi connectivity index (χ2n) is 5.21. The number of benzene rings is 1. The maximum Gasteiger partial charge on any atom is 0.142 e. The van der Waals surface area contributed by atoms with E-state index in [4.69, 9.17) is 0 Å². The zero-order valence-electron chi connectivity index (χ0n) is 11.1. The molecule has 1 aromatic carbocycles. The Balaban J connectivity index is 1.69. The van der Waals surface area contributed by atoms with E-state index in [1.807, 2.05) is 12.3 Å². The number of aromatic nitrogens is 1. The maximum atomic E-state index is 12.4. The largest absolute Gasteiger partial charge is 0.299 e. The van der Waals surface area contributed by atoms with Crippen LogP contribution >= 0.6 is 11.3 Å². The van der Waals surface area contributed by atoms with Gasteiger partial charge >= 0.3 is 0 Å². The fourth-order valence-corrected chi connectivity index (χ4v) is 3.40. The van der Waals surface area contributed by atoms with Crippen molar-refractivity contribution >= 4 is 17.1 Å². The zero-order valence-corrected chi connectivity index (χ0v) is 11.9. The highest BCUT2D eigenvalue weighted by atomic mass is 32.1. The smallest absolute Gasteiger partial charge is 0.142 e. The SMILES string of the molecule is Cc1nc(CC(=O)C2CCc3ccccc3C2)cs1. The molecule has 1 heterocycles. The minimum Gasteiger partial charge on any atom is -0.299 e. The predicted molar refractivity (Wildman–Crippen MR) is 77.5 cm³/mol. The number of hydrogen-bond donors (Lipinski definition) is 0. The number of fused-ring (bicyclic) bond motifs is 1. The third-order valence-electron chi connectivity index (χ3n) is 3.82. The first kappa shape index (κ1) is 12.5. The average Bonchev–Trinajstić information content (AvgIpc) is 2.83. The van der Waals surface area contributed by atoms with Crippen LogP contribution in [0.15, 0.2) is 29.6 Å². The van der Waals surface area contributed by atoms with Crippen molar-refractivity contribution < 1.29 is 4.79 Å². The summed E-state index contributed by atoms with van der Waals surface area (Å²) in [6.45, 7) is 1.98. The molecular weight excluding hydrogens is 254 g/mol. The van der Waals surface area contributed by atoms with E-state index in [1.54, 1.807) is 11.3 Å². The lowest BCUT2D eigenvalue weighted by molar-refractivity contribution is -0.122. The molecule has 0 saturated heterocycles. The second kappa shape index (κ2) is 5.25. The Morgan fingerprint density at radius 2 is 2.16 bits per heavy atom. The molecule has 0 spiro atoms. The first-order chi connectivity index (χ1) is 9.22. The third kappa shape index (κ3) is 2.76. The molecule has 1 aliphatic rings. The van der Waals surface area contributed by atoms with Gasteiger partial charge in [-0.25, -0.2) is 4.98 Å². The number of nitrogens with zero attached hydrogens (tertiary/aromatic N) is 1. The summed E-state index contributed by atoms with van der Waals surface area (Å²) in [7, 11) is 0. The standard InChI is InChI=1S/C16H17NOS/c1-11-17-15(10-19-11)9-16(18)14-7-6-12-4-2-3-5-13(12)8-14/h2-5,10,14H,6-9H2,1H3. The molecule has 19 heavy (non-hydrogen) atoms. The molecule has 0 fully saturated rings. The molecule has 98 valence electrons. The van der Waals surface area contributed by atoms with E-state index in [9.17, 15) is 4.79 Å². The van der Waals surface area contributed by atoms with Gasteiger partial charge in [-0.15, -0.1) is 11.3 Å². The third-order valence-corrected chi connectivity index (χ3v) is 4.65. The molecule has 1 unspecified atom stereocenters. The number of rotatable bonds is 3. The number of hydrogen-bond acceptors (Lipinski definition) is 3. The van der Waals surface area contributed by atoms with Gasteiger partial charge in [0.25, 0.3) is 0 Å². The lowest BCUT2D eigenvalue weighted by Gasteiger charge is -2.23. The van der Waals surface area contributed by atoms with Crippen LogP contribution in [-0.4, -0.2) is 10.8 Å². The normalized spacial score (nSPS) is 18.1. The minimum atomic E-state index is 0.178. The Bertz CT molecular complexity index is 602. The van der Waals surface area contributed by atoms with Gasteiger partial charge in [0.15, 0.2) is 0 Å². The Kier molecular flexibility index (Phi) is 3.47. The second-order valence-corrected chi connectivity index (χ2v) is 6.27. The van der Waals surface area contributed by atoms with Gasteiger partial charge in [-0.3, -0.25) is 4.79 Å². The Labute approximate surface area is 117 Å². The monoisotopic (exact) mass is 271 g/mol. The molecular formula is C16H17NOS.